The van der Waals surface area contributed by atoms with Crippen molar-refractivity contribution in [3.63, 3.8) is 0 Å². The smallest absolute Gasteiger partial charge is 0.226 e. The molecule has 15 heavy (non-hydrogen) atoms. The Morgan fingerprint density at radius 1 is 1.60 bits per heavy atom. The molecule has 2 atom stereocenters. The summed E-state index contributed by atoms with van der Waals surface area (Å²) in [6, 6.07) is 0. The maximum Gasteiger partial charge on any atom is 0.226 e. The Hall–Kier alpha value is -1.26. The molecule has 1 aliphatic rings. The lowest BCUT2D eigenvalue weighted by molar-refractivity contribution is -0.134. The third kappa shape index (κ3) is 2.84. The van der Waals surface area contributed by atoms with Crippen molar-refractivity contribution in [2.45, 2.75) is 26.2 Å². The number of nitrogens with zero attached hydrogens (tertiary/aromatic N) is 2. The Bertz CT molecular complexity index is 265. The highest BCUT2D eigenvalue weighted by Crippen LogP contribution is 2.32. The van der Waals surface area contributed by atoms with Gasteiger partial charge in [0.15, 0.2) is 5.84 Å². The first-order chi connectivity index (χ1) is 7.06. The van der Waals surface area contributed by atoms with E-state index in [4.69, 9.17) is 10.9 Å². The number of amidine groups is 1. The Kier molecular flexibility index (Phi) is 3.94. The van der Waals surface area contributed by atoms with Crippen LogP contribution in [0.25, 0.3) is 0 Å². The van der Waals surface area contributed by atoms with E-state index in [0.717, 1.165) is 19.3 Å². The van der Waals surface area contributed by atoms with Crippen LogP contribution in [0, 0.1) is 11.8 Å². The molecule has 86 valence electrons. The van der Waals surface area contributed by atoms with E-state index in [-0.39, 0.29) is 24.2 Å². The second-order valence-electron chi connectivity index (χ2n) is 4.30. The predicted molar refractivity (Wildman–Crippen MR) is 57.6 cm³/mol. The van der Waals surface area contributed by atoms with E-state index in [1.165, 1.54) is 4.90 Å². The van der Waals surface area contributed by atoms with Gasteiger partial charge in [-0.1, -0.05) is 18.5 Å². The maximum absolute atomic E-state index is 11.9. The van der Waals surface area contributed by atoms with Crippen LogP contribution in [0.3, 0.4) is 0 Å². The van der Waals surface area contributed by atoms with Crippen LogP contribution in [0.4, 0.5) is 0 Å². The molecule has 0 spiro atoms. The molecule has 0 aliphatic heterocycles. The molecule has 1 rings (SSSR count). The Morgan fingerprint density at radius 2 is 2.27 bits per heavy atom. The number of carbonyl (C=O) groups is 1. The third-order valence-corrected chi connectivity index (χ3v) is 3.08. The van der Waals surface area contributed by atoms with Gasteiger partial charge in [0, 0.05) is 13.0 Å². The van der Waals surface area contributed by atoms with Crippen molar-refractivity contribution >= 4 is 11.7 Å². The highest BCUT2D eigenvalue weighted by molar-refractivity contribution is 5.87. The van der Waals surface area contributed by atoms with Crippen LogP contribution in [-0.4, -0.2) is 35.4 Å². The summed E-state index contributed by atoms with van der Waals surface area (Å²) < 4.78 is 0. The molecule has 0 saturated heterocycles. The van der Waals surface area contributed by atoms with Gasteiger partial charge in [0.1, 0.15) is 0 Å². The van der Waals surface area contributed by atoms with Crippen molar-refractivity contribution in [1.82, 2.24) is 4.90 Å². The van der Waals surface area contributed by atoms with Crippen molar-refractivity contribution in [2.75, 3.05) is 13.6 Å². The van der Waals surface area contributed by atoms with Gasteiger partial charge in [-0.3, -0.25) is 4.79 Å². The first-order valence-electron chi connectivity index (χ1n) is 5.27. The number of hydrogen-bond donors (Lipinski definition) is 2. The maximum atomic E-state index is 11.9. The summed E-state index contributed by atoms with van der Waals surface area (Å²) in [5.74, 6) is 0.733. The standard InChI is InChI=1S/C10H19N3O2/c1-7-4-3-5-8(7)10(14)13(2)6-9(11)12-15/h7-8,15H,3-6H2,1-2H3,(H2,11,12). The monoisotopic (exact) mass is 213 g/mol. The van der Waals surface area contributed by atoms with Crippen LogP contribution in [0.2, 0.25) is 0 Å². The minimum absolute atomic E-state index is 0.0662. The molecule has 5 heteroatoms. The van der Waals surface area contributed by atoms with Crippen LogP contribution in [0.15, 0.2) is 5.16 Å². The van der Waals surface area contributed by atoms with Gasteiger partial charge in [-0.2, -0.15) is 0 Å². The van der Waals surface area contributed by atoms with Gasteiger partial charge in [-0.25, -0.2) is 0 Å². The summed E-state index contributed by atoms with van der Waals surface area (Å²) in [7, 11) is 1.69. The van der Waals surface area contributed by atoms with E-state index in [2.05, 4.69) is 12.1 Å². The van der Waals surface area contributed by atoms with Crippen molar-refractivity contribution < 1.29 is 10.0 Å². The Morgan fingerprint density at radius 3 is 2.73 bits per heavy atom. The largest absolute Gasteiger partial charge is 0.409 e. The van der Waals surface area contributed by atoms with Gasteiger partial charge in [-0.15, -0.1) is 0 Å². The highest BCUT2D eigenvalue weighted by Gasteiger charge is 2.31. The van der Waals surface area contributed by atoms with Crippen molar-refractivity contribution in [3.05, 3.63) is 0 Å². The van der Waals surface area contributed by atoms with Gasteiger partial charge in [0.2, 0.25) is 5.91 Å². The van der Waals surface area contributed by atoms with Crippen molar-refractivity contribution in [1.29, 1.82) is 0 Å². The summed E-state index contributed by atoms with van der Waals surface area (Å²) >= 11 is 0. The van der Waals surface area contributed by atoms with E-state index in [9.17, 15) is 4.79 Å². The number of rotatable bonds is 3. The molecule has 0 aromatic carbocycles. The summed E-state index contributed by atoms with van der Waals surface area (Å²) in [5, 5.41) is 11.3. The fourth-order valence-corrected chi connectivity index (χ4v) is 2.15. The van der Waals surface area contributed by atoms with E-state index in [0.29, 0.717) is 5.92 Å². The number of nitrogens with two attached hydrogens (primary N) is 1. The minimum atomic E-state index is 0.0662. The van der Waals surface area contributed by atoms with E-state index in [1.54, 1.807) is 7.05 Å². The molecule has 1 saturated carbocycles. The summed E-state index contributed by atoms with van der Waals surface area (Å²) in [5.41, 5.74) is 5.35. The fourth-order valence-electron chi connectivity index (χ4n) is 2.15. The first kappa shape index (κ1) is 11.8. The van der Waals surface area contributed by atoms with Gasteiger partial charge in [0.05, 0.1) is 6.54 Å². The number of amides is 1. The minimum Gasteiger partial charge on any atom is -0.409 e. The summed E-state index contributed by atoms with van der Waals surface area (Å²) in [6.45, 7) is 2.30. The lowest BCUT2D eigenvalue weighted by atomic mass is 9.97. The number of hydrogen-bond acceptors (Lipinski definition) is 3. The first-order valence-corrected chi connectivity index (χ1v) is 5.27. The molecule has 1 aliphatic carbocycles. The lowest BCUT2D eigenvalue weighted by Gasteiger charge is -2.22. The van der Waals surface area contributed by atoms with Crippen molar-refractivity contribution in [3.8, 4) is 0 Å². The van der Waals surface area contributed by atoms with E-state index in [1.807, 2.05) is 0 Å². The van der Waals surface area contributed by atoms with Crippen LogP contribution in [0.1, 0.15) is 26.2 Å². The molecule has 2 unspecified atom stereocenters. The molecule has 0 radical (unpaired) electrons. The molecule has 1 fully saturated rings. The molecular weight excluding hydrogens is 194 g/mol. The summed E-state index contributed by atoms with van der Waals surface area (Å²) in [4.78, 5) is 13.5. The normalized spacial score (nSPS) is 26.7. The zero-order valence-corrected chi connectivity index (χ0v) is 9.31. The molecule has 5 nitrogen and oxygen atoms in total. The lowest BCUT2D eigenvalue weighted by Crippen LogP contribution is -2.39. The van der Waals surface area contributed by atoms with Gasteiger partial charge < -0.3 is 15.8 Å². The molecule has 3 N–H and O–H groups in total. The summed E-state index contributed by atoms with van der Waals surface area (Å²) in [6.07, 6.45) is 3.20. The van der Waals surface area contributed by atoms with Gasteiger partial charge in [0.25, 0.3) is 0 Å². The Balaban J connectivity index is 2.52. The number of carbonyl (C=O) groups excluding carboxylic acids is 1. The molecule has 1 amide bonds. The van der Waals surface area contributed by atoms with Gasteiger partial charge >= 0.3 is 0 Å². The fraction of sp³-hybridized carbons (Fsp3) is 0.800. The Labute approximate surface area is 89.9 Å². The van der Waals surface area contributed by atoms with E-state index < -0.39 is 0 Å². The topological polar surface area (TPSA) is 78.9 Å². The number of oxime groups is 1. The number of likely N-dealkylation sites (N-methyl/N-ethyl adjacent to an activating group) is 1. The van der Waals surface area contributed by atoms with Crippen LogP contribution >= 0.6 is 0 Å². The zero-order chi connectivity index (χ0) is 11.4. The average molecular weight is 213 g/mol. The third-order valence-electron chi connectivity index (χ3n) is 3.08. The molecule has 0 aromatic heterocycles. The van der Waals surface area contributed by atoms with Crippen LogP contribution in [-0.2, 0) is 4.79 Å². The molecule has 0 aromatic rings. The van der Waals surface area contributed by atoms with Gasteiger partial charge in [-0.05, 0) is 18.8 Å². The predicted octanol–water partition coefficient (Wildman–Crippen LogP) is 0.627. The quantitative estimate of drug-likeness (QED) is 0.312. The second-order valence-corrected chi connectivity index (χ2v) is 4.30. The average Bonchev–Trinajstić information content (AvgIpc) is 2.63. The molecular formula is C10H19N3O2. The second kappa shape index (κ2) is 5.00. The molecule has 0 heterocycles. The zero-order valence-electron chi connectivity index (χ0n) is 9.31. The van der Waals surface area contributed by atoms with Crippen LogP contribution < -0.4 is 5.73 Å². The van der Waals surface area contributed by atoms with Crippen LogP contribution in [0.5, 0.6) is 0 Å². The van der Waals surface area contributed by atoms with Crippen molar-refractivity contribution in [2.24, 2.45) is 22.7 Å². The SMILES string of the molecule is CC1CCCC1C(=O)N(C)CC(N)=NO. The van der Waals surface area contributed by atoms with E-state index >= 15 is 0 Å². The molecule has 0 bridgehead atoms. The highest BCUT2D eigenvalue weighted by atomic mass is 16.4.